The lowest BCUT2D eigenvalue weighted by atomic mass is 10.0. The van der Waals surface area contributed by atoms with Crippen LogP contribution in [0.3, 0.4) is 0 Å². The molecule has 0 radical (unpaired) electrons. The summed E-state index contributed by atoms with van der Waals surface area (Å²) in [7, 11) is 2.12. The van der Waals surface area contributed by atoms with E-state index in [4.69, 9.17) is 5.73 Å². The van der Waals surface area contributed by atoms with Crippen LogP contribution in [0.5, 0.6) is 0 Å². The van der Waals surface area contributed by atoms with Crippen molar-refractivity contribution < 1.29 is 0 Å². The molecule has 1 unspecified atom stereocenters. The molecule has 0 bridgehead atoms. The number of nitrogens with zero attached hydrogens (tertiary/aromatic N) is 2. The summed E-state index contributed by atoms with van der Waals surface area (Å²) in [6.45, 7) is 6.02. The number of likely N-dealkylation sites (N-methyl/N-ethyl adjacent to an activating group) is 1. The highest BCUT2D eigenvalue weighted by molar-refractivity contribution is 5.08. The van der Waals surface area contributed by atoms with Crippen molar-refractivity contribution in [3.8, 4) is 0 Å². The van der Waals surface area contributed by atoms with Crippen LogP contribution in [-0.4, -0.2) is 29.5 Å². The van der Waals surface area contributed by atoms with Gasteiger partial charge in [0.05, 0.1) is 0 Å². The molecule has 0 aliphatic rings. The van der Waals surface area contributed by atoms with Gasteiger partial charge in [-0.15, -0.1) is 0 Å². The van der Waals surface area contributed by atoms with E-state index in [0.717, 1.165) is 6.54 Å². The fourth-order valence-corrected chi connectivity index (χ4v) is 1.86. The monoisotopic (exact) mass is 207 g/mol. The standard InChI is InChI=1S/C12H21N3/c1-10(2)12(7-13)15(3)9-11-5-4-6-14-8-11/h4-6,8,10,12H,7,9,13H2,1-3H3. The highest BCUT2D eigenvalue weighted by Crippen LogP contribution is 2.11. The third-order valence-electron chi connectivity index (χ3n) is 2.73. The molecule has 0 spiro atoms. The Balaban J connectivity index is 2.58. The van der Waals surface area contributed by atoms with Gasteiger partial charge in [0.15, 0.2) is 0 Å². The van der Waals surface area contributed by atoms with E-state index in [1.165, 1.54) is 5.56 Å². The maximum atomic E-state index is 5.77. The summed E-state index contributed by atoms with van der Waals surface area (Å²) in [6.07, 6.45) is 3.71. The first-order valence-corrected chi connectivity index (χ1v) is 5.44. The highest BCUT2D eigenvalue weighted by Gasteiger charge is 2.16. The average Bonchev–Trinajstić information content (AvgIpc) is 2.19. The predicted molar refractivity (Wildman–Crippen MR) is 63.4 cm³/mol. The van der Waals surface area contributed by atoms with Crippen molar-refractivity contribution in [2.75, 3.05) is 13.6 Å². The van der Waals surface area contributed by atoms with Gasteiger partial charge in [0.25, 0.3) is 0 Å². The Hall–Kier alpha value is -0.930. The topological polar surface area (TPSA) is 42.1 Å². The van der Waals surface area contributed by atoms with Crippen molar-refractivity contribution in [1.82, 2.24) is 9.88 Å². The van der Waals surface area contributed by atoms with Crippen molar-refractivity contribution in [3.63, 3.8) is 0 Å². The second-order valence-corrected chi connectivity index (χ2v) is 4.32. The summed E-state index contributed by atoms with van der Waals surface area (Å²) in [6, 6.07) is 4.50. The van der Waals surface area contributed by atoms with Crippen molar-refractivity contribution in [1.29, 1.82) is 0 Å². The van der Waals surface area contributed by atoms with Gasteiger partial charge in [-0.25, -0.2) is 0 Å². The van der Waals surface area contributed by atoms with Gasteiger partial charge in [-0.2, -0.15) is 0 Å². The van der Waals surface area contributed by atoms with Crippen LogP contribution < -0.4 is 5.73 Å². The van der Waals surface area contributed by atoms with E-state index in [0.29, 0.717) is 18.5 Å². The lowest BCUT2D eigenvalue weighted by molar-refractivity contribution is 0.190. The van der Waals surface area contributed by atoms with Crippen molar-refractivity contribution in [2.24, 2.45) is 11.7 Å². The summed E-state index contributed by atoms with van der Waals surface area (Å²) >= 11 is 0. The van der Waals surface area contributed by atoms with Crippen LogP contribution in [0, 0.1) is 5.92 Å². The van der Waals surface area contributed by atoms with Crippen molar-refractivity contribution in [2.45, 2.75) is 26.4 Å². The maximum Gasteiger partial charge on any atom is 0.0312 e. The smallest absolute Gasteiger partial charge is 0.0312 e. The van der Waals surface area contributed by atoms with Crippen LogP contribution in [0.25, 0.3) is 0 Å². The Bertz CT molecular complexity index is 271. The van der Waals surface area contributed by atoms with E-state index in [2.05, 4.69) is 36.8 Å². The van der Waals surface area contributed by atoms with Gasteiger partial charge in [-0.05, 0) is 24.6 Å². The minimum atomic E-state index is 0.435. The molecule has 0 saturated carbocycles. The number of hydrogen-bond acceptors (Lipinski definition) is 3. The molecule has 2 N–H and O–H groups in total. The van der Waals surface area contributed by atoms with E-state index in [-0.39, 0.29) is 0 Å². The molecule has 0 aliphatic carbocycles. The van der Waals surface area contributed by atoms with Gasteiger partial charge < -0.3 is 5.73 Å². The Morgan fingerprint density at radius 3 is 2.67 bits per heavy atom. The van der Waals surface area contributed by atoms with Gasteiger partial charge in [0, 0.05) is 31.5 Å². The first-order chi connectivity index (χ1) is 7.15. The lowest BCUT2D eigenvalue weighted by Crippen LogP contribution is -2.41. The summed E-state index contributed by atoms with van der Waals surface area (Å²) in [5.41, 5.74) is 7.01. The molecule has 84 valence electrons. The number of nitrogens with two attached hydrogens (primary N) is 1. The molecule has 0 aliphatic heterocycles. The predicted octanol–water partition coefficient (Wildman–Crippen LogP) is 1.50. The van der Waals surface area contributed by atoms with Crippen LogP contribution in [0.2, 0.25) is 0 Å². The number of aromatic nitrogens is 1. The zero-order valence-corrected chi connectivity index (χ0v) is 9.85. The van der Waals surface area contributed by atoms with E-state index in [1.54, 1.807) is 6.20 Å². The Kier molecular flexibility index (Phi) is 4.72. The molecule has 1 aromatic heterocycles. The first kappa shape index (κ1) is 12.1. The van der Waals surface area contributed by atoms with E-state index >= 15 is 0 Å². The van der Waals surface area contributed by atoms with Gasteiger partial charge in [0.2, 0.25) is 0 Å². The van der Waals surface area contributed by atoms with Crippen molar-refractivity contribution in [3.05, 3.63) is 30.1 Å². The van der Waals surface area contributed by atoms with Crippen molar-refractivity contribution >= 4 is 0 Å². The maximum absolute atomic E-state index is 5.77. The summed E-state index contributed by atoms with van der Waals surface area (Å²) in [4.78, 5) is 6.40. The number of hydrogen-bond donors (Lipinski definition) is 1. The number of pyridine rings is 1. The molecule has 3 nitrogen and oxygen atoms in total. The SMILES string of the molecule is CC(C)C(CN)N(C)Cc1cccnc1. The van der Waals surface area contributed by atoms with Gasteiger partial charge >= 0.3 is 0 Å². The fourth-order valence-electron chi connectivity index (χ4n) is 1.86. The molecule has 15 heavy (non-hydrogen) atoms. The quantitative estimate of drug-likeness (QED) is 0.795. The minimum absolute atomic E-state index is 0.435. The van der Waals surface area contributed by atoms with Gasteiger partial charge in [-0.3, -0.25) is 9.88 Å². The van der Waals surface area contributed by atoms with Crippen LogP contribution in [0.15, 0.2) is 24.5 Å². The molecule has 1 aromatic rings. The Labute approximate surface area is 92.3 Å². The third-order valence-corrected chi connectivity index (χ3v) is 2.73. The molecule has 0 fully saturated rings. The zero-order chi connectivity index (χ0) is 11.3. The summed E-state index contributed by atoms with van der Waals surface area (Å²) in [5.74, 6) is 0.580. The molecule has 1 heterocycles. The van der Waals surface area contributed by atoms with Gasteiger partial charge in [0.1, 0.15) is 0 Å². The fraction of sp³-hybridized carbons (Fsp3) is 0.583. The highest BCUT2D eigenvalue weighted by atomic mass is 15.1. The normalized spacial score (nSPS) is 13.5. The van der Waals surface area contributed by atoms with Crippen LogP contribution in [0.4, 0.5) is 0 Å². The summed E-state index contributed by atoms with van der Waals surface area (Å²) in [5, 5.41) is 0. The van der Waals surface area contributed by atoms with E-state index in [9.17, 15) is 0 Å². The summed E-state index contributed by atoms with van der Waals surface area (Å²) < 4.78 is 0. The largest absolute Gasteiger partial charge is 0.329 e. The zero-order valence-electron chi connectivity index (χ0n) is 9.85. The van der Waals surface area contributed by atoms with Gasteiger partial charge in [-0.1, -0.05) is 19.9 Å². The van der Waals surface area contributed by atoms with E-state index in [1.807, 2.05) is 12.3 Å². The second-order valence-electron chi connectivity index (χ2n) is 4.32. The molecule has 1 rings (SSSR count). The second kappa shape index (κ2) is 5.83. The Morgan fingerprint density at radius 1 is 1.47 bits per heavy atom. The molecule has 3 heteroatoms. The third kappa shape index (κ3) is 3.61. The molecule has 0 saturated heterocycles. The number of rotatable bonds is 5. The van der Waals surface area contributed by atoms with Crippen LogP contribution >= 0.6 is 0 Å². The Morgan fingerprint density at radius 2 is 2.20 bits per heavy atom. The first-order valence-electron chi connectivity index (χ1n) is 5.44. The minimum Gasteiger partial charge on any atom is -0.329 e. The van der Waals surface area contributed by atoms with Crippen LogP contribution in [0.1, 0.15) is 19.4 Å². The molecule has 0 aromatic carbocycles. The molecular weight excluding hydrogens is 186 g/mol. The van der Waals surface area contributed by atoms with E-state index < -0.39 is 0 Å². The molecular formula is C12H21N3. The average molecular weight is 207 g/mol. The lowest BCUT2D eigenvalue weighted by Gasteiger charge is -2.30. The molecule has 0 amide bonds. The molecule has 1 atom stereocenters. The van der Waals surface area contributed by atoms with Crippen LogP contribution in [-0.2, 0) is 6.54 Å².